The van der Waals surface area contributed by atoms with Crippen molar-refractivity contribution in [2.75, 3.05) is 5.32 Å². The number of anilines is 1. The van der Waals surface area contributed by atoms with Gasteiger partial charge in [0.05, 0.1) is 23.6 Å². The van der Waals surface area contributed by atoms with Crippen molar-refractivity contribution in [2.45, 2.75) is 20.4 Å². The molecule has 0 unspecified atom stereocenters. The molecule has 0 atom stereocenters. The van der Waals surface area contributed by atoms with Crippen LogP contribution >= 0.6 is 0 Å². The Morgan fingerprint density at radius 3 is 2.78 bits per heavy atom. The van der Waals surface area contributed by atoms with Gasteiger partial charge < -0.3 is 5.32 Å². The number of H-pyrrole nitrogens is 1. The van der Waals surface area contributed by atoms with Gasteiger partial charge in [-0.3, -0.25) is 14.8 Å². The van der Waals surface area contributed by atoms with Gasteiger partial charge in [0.1, 0.15) is 5.82 Å². The lowest BCUT2D eigenvalue weighted by Gasteiger charge is -2.08. The summed E-state index contributed by atoms with van der Waals surface area (Å²) in [6.07, 6.45) is 3.40. The summed E-state index contributed by atoms with van der Waals surface area (Å²) in [4.78, 5) is 31.7. The minimum absolute atomic E-state index is 0.238. The standard InChI is InChI=1S/C16H16N6O/c1-10-13(9-18-11(2)20-10)14-7-15(23)22-16(21-14)19-8-12-5-3-4-6-17-12/h3-7,9H,8H2,1-2H3,(H2,19,21,22,23). The molecule has 3 heterocycles. The first-order chi connectivity index (χ1) is 11.1. The number of hydrogen-bond acceptors (Lipinski definition) is 6. The normalized spacial score (nSPS) is 10.5. The predicted octanol–water partition coefficient (Wildman–Crippen LogP) is 1.85. The molecule has 0 fully saturated rings. The van der Waals surface area contributed by atoms with E-state index in [4.69, 9.17) is 0 Å². The first-order valence-corrected chi connectivity index (χ1v) is 7.17. The van der Waals surface area contributed by atoms with Crippen molar-refractivity contribution < 1.29 is 0 Å². The molecule has 23 heavy (non-hydrogen) atoms. The topological polar surface area (TPSA) is 96.5 Å². The van der Waals surface area contributed by atoms with Crippen molar-refractivity contribution in [2.24, 2.45) is 0 Å². The van der Waals surface area contributed by atoms with Crippen LogP contribution in [0.25, 0.3) is 11.3 Å². The first-order valence-electron chi connectivity index (χ1n) is 7.17. The van der Waals surface area contributed by atoms with E-state index in [2.05, 4.69) is 30.2 Å². The summed E-state index contributed by atoms with van der Waals surface area (Å²) in [5.41, 5.74) is 2.68. The zero-order valence-electron chi connectivity index (χ0n) is 12.9. The van der Waals surface area contributed by atoms with Crippen molar-refractivity contribution in [1.29, 1.82) is 0 Å². The van der Waals surface area contributed by atoms with Crippen LogP contribution in [0.3, 0.4) is 0 Å². The molecule has 3 rings (SSSR count). The van der Waals surface area contributed by atoms with Gasteiger partial charge in [0, 0.05) is 24.0 Å². The molecule has 7 nitrogen and oxygen atoms in total. The lowest BCUT2D eigenvalue weighted by atomic mass is 10.2. The van der Waals surface area contributed by atoms with Crippen LogP contribution in [0.5, 0.6) is 0 Å². The summed E-state index contributed by atoms with van der Waals surface area (Å²) in [5.74, 6) is 1.07. The van der Waals surface area contributed by atoms with Crippen molar-refractivity contribution in [3.63, 3.8) is 0 Å². The molecule has 116 valence electrons. The smallest absolute Gasteiger partial charge is 0.252 e. The average Bonchev–Trinajstić information content (AvgIpc) is 2.53. The van der Waals surface area contributed by atoms with E-state index in [1.165, 1.54) is 6.07 Å². The third kappa shape index (κ3) is 3.57. The molecule has 0 amide bonds. The van der Waals surface area contributed by atoms with E-state index in [-0.39, 0.29) is 5.56 Å². The summed E-state index contributed by atoms with van der Waals surface area (Å²) < 4.78 is 0. The minimum atomic E-state index is -0.238. The monoisotopic (exact) mass is 308 g/mol. The number of rotatable bonds is 4. The van der Waals surface area contributed by atoms with Crippen molar-refractivity contribution in [3.05, 3.63) is 64.2 Å². The Balaban J connectivity index is 1.88. The molecule has 0 aliphatic carbocycles. The highest BCUT2D eigenvalue weighted by Crippen LogP contribution is 2.18. The predicted molar refractivity (Wildman–Crippen MR) is 86.9 cm³/mol. The minimum Gasteiger partial charge on any atom is -0.350 e. The number of hydrogen-bond donors (Lipinski definition) is 2. The Morgan fingerprint density at radius 1 is 1.17 bits per heavy atom. The summed E-state index contributed by atoms with van der Waals surface area (Å²) in [5, 5.41) is 3.07. The Hall–Kier alpha value is -3.09. The molecule has 0 spiro atoms. The van der Waals surface area contributed by atoms with Gasteiger partial charge in [0.15, 0.2) is 0 Å². The number of aryl methyl sites for hydroxylation is 2. The van der Waals surface area contributed by atoms with Gasteiger partial charge in [-0.05, 0) is 26.0 Å². The molecule has 0 saturated carbocycles. The molecule has 2 N–H and O–H groups in total. The molecule has 0 aromatic carbocycles. The zero-order chi connectivity index (χ0) is 16.2. The molecule has 3 aromatic rings. The molecule has 0 aliphatic rings. The second-order valence-electron chi connectivity index (χ2n) is 5.07. The number of aromatic amines is 1. The van der Waals surface area contributed by atoms with Crippen LogP contribution in [0.2, 0.25) is 0 Å². The Bertz CT molecular complexity index is 875. The molecular formula is C16H16N6O. The lowest BCUT2D eigenvalue weighted by molar-refractivity contribution is 0.983. The van der Waals surface area contributed by atoms with Crippen LogP contribution in [-0.4, -0.2) is 24.9 Å². The van der Waals surface area contributed by atoms with Gasteiger partial charge in [0.25, 0.3) is 5.56 Å². The van der Waals surface area contributed by atoms with Crippen LogP contribution in [0.1, 0.15) is 17.2 Å². The first kappa shape index (κ1) is 14.8. The molecule has 0 radical (unpaired) electrons. The van der Waals surface area contributed by atoms with Gasteiger partial charge in [-0.15, -0.1) is 0 Å². The Morgan fingerprint density at radius 2 is 2.04 bits per heavy atom. The summed E-state index contributed by atoms with van der Waals surface area (Å²) in [7, 11) is 0. The third-order valence-electron chi connectivity index (χ3n) is 3.28. The van der Waals surface area contributed by atoms with E-state index in [1.54, 1.807) is 12.4 Å². The van der Waals surface area contributed by atoms with E-state index in [0.717, 1.165) is 17.0 Å². The maximum absolute atomic E-state index is 11.9. The second kappa shape index (κ2) is 6.35. The number of pyridine rings is 1. The largest absolute Gasteiger partial charge is 0.350 e. The van der Waals surface area contributed by atoms with Crippen molar-refractivity contribution in [1.82, 2.24) is 24.9 Å². The van der Waals surface area contributed by atoms with Gasteiger partial charge in [-0.25, -0.2) is 15.0 Å². The third-order valence-corrected chi connectivity index (χ3v) is 3.28. The van der Waals surface area contributed by atoms with Crippen molar-refractivity contribution in [3.8, 4) is 11.3 Å². The lowest BCUT2D eigenvalue weighted by Crippen LogP contribution is -2.13. The van der Waals surface area contributed by atoms with Gasteiger partial charge in [-0.2, -0.15) is 0 Å². The quantitative estimate of drug-likeness (QED) is 0.763. The van der Waals surface area contributed by atoms with Crippen LogP contribution < -0.4 is 10.9 Å². The average molecular weight is 308 g/mol. The van der Waals surface area contributed by atoms with E-state index in [0.29, 0.717) is 24.0 Å². The molecule has 0 aliphatic heterocycles. The van der Waals surface area contributed by atoms with Gasteiger partial charge in [-0.1, -0.05) is 6.07 Å². The summed E-state index contributed by atoms with van der Waals surface area (Å²) >= 11 is 0. The summed E-state index contributed by atoms with van der Waals surface area (Å²) in [6, 6.07) is 7.09. The van der Waals surface area contributed by atoms with Gasteiger partial charge in [0.2, 0.25) is 5.95 Å². The summed E-state index contributed by atoms with van der Waals surface area (Å²) in [6.45, 7) is 4.16. The van der Waals surface area contributed by atoms with E-state index in [9.17, 15) is 4.79 Å². The molecule has 3 aromatic heterocycles. The van der Waals surface area contributed by atoms with Crippen molar-refractivity contribution >= 4 is 5.95 Å². The van der Waals surface area contributed by atoms with Crippen LogP contribution in [-0.2, 0) is 6.54 Å². The van der Waals surface area contributed by atoms with Gasteiger partial charge >= 0.3 is 0 Å². The number of nitrogens with zero attached hydrogens (tertiary/aromatic N) is 4. The van der Waals surface area contributed by atoms with Crippen LogP contribution in [0, 0.1) is 13.8 Å². The molecule has 7 heteroatoms. The fourth-order valence-corrected chi connectivity index (χ4v) is 2.19. The highest BCUT2D eigenvalue weighted by molar-refractivity contribution is 5.61. The number of aromatic nitrogens is 5. The Kier molecular flexibility index (Phi) is 4.09. The second-order valence-corrected chi connectivity index (χ2v) is 5.07. The highest BCUT2D eigenvalue weighted by Gasteiger charge is 2.09. The molecule has 0 saturated heterocycles. The van der Waals surface area contributed by atoms with E-state index < -0.39 is 0 Å². The molecule has 0 bridgehead atoms. The Labute approximate surface area is 132 Å². The fourth-order valence-electron chi connectivity index (χ4n) is 2.19. The fraction of sp³-hybridized carbons (Fsp3) is 0.188. The zero-order valence-corrected chi connectivity index (χ0v) is 12.9. The van der Waals surface area contributed by atoms with Crippen LogP contribution in [0.15, 0.2) is 41.5 Å². The maximum atomic E-state index is 11.9. The SMILES string of the molecule is Cc1ncc(-c2cc(=O)[nH]c(NCc3ccccn3)n2)c(C)n1. The van der Waals surface area contributed by atoms with E-state index in [1.807, 2.05) is 32.0 Å². The maximum Gasteiger partial charge on any atom is 0.252 e. The molecular weight excluding hydrogens is 292 g/mol. The van der Waals surface area contributed by atoms with Crippen LogP contribution in [0.4, 0.5) is 5.95 Å². The number of nitrogens with one attached hydrogen (secondary N) is 2. The highest BCUT2D eigenvalue weighted by atomic mass is 16.1. The van der Waals surface area contributed by atoms with E-state index >= 15 is 0 Å².